The molecule has 14 heteroatoms. The van der Waals surface area contributed by atoms with Crippen molar-refractivity contribution in [3.05, 3.63) is 79.0 Å². The van der Waals surface area contributed by atoms with E-state index < -0.39 is 41.7 Å². The van der Waals surface area contributed by atoms with E-state index in [4.69, 9.17) is 4.84 Å². The Morgan fingerprint density at radius 3 is 2.29 bits per heavy atom. The molecule has 0 aliphatic carbocycles. The lowest BCUT2D eigenvalue weighted by Crippen LogP contribution is -2.43. The molecule has 1 N–H and O–H groups in total. The highest BCUT2D eigenvalue weighted by atomic mass is 127. The SMILES string of the molecule is FC(F)(F)/C=C/NCc1ccc(C2=NOC(c3cc(I)cc(C(F)(F)F)c3)(C(F)(F)F)C2)cc1Br. The first-order valence-corrected chi connectivity index (χ1v) is 11.4. The lowest BCUT2D eigenvalue weighted by Gasteiger charge is -2.30. The van der Waals surface area contributed by atoms with Crippen molar-refractivity contribution in [1.29, 1.82) is 0 Å². The lowest BCUT2D eigenvalue weighted by molar-refractivity contribution is -0.276. The van der Waals surface area contributed by atoms with Gasteiger partial charge in [0.15, 0.2) is 0 Å². The van der Waals surface area contributed by atoms with Gasteiger partial charge in [-0.3, -0.25) is 0 Å². The molecule has 3 rings (SSSR count). The number of benzene rings is 2. The monoisotopic (exact) mass is 686 g/mol. The molecule has 1 unspecified atom stereocenters. The van der Waals surface area contributed by atoms with Crippen LogP contribution in [0.25, 0.3) is 0 Å². The molecule has 0 saturated carbocycles. The van der Waals surface area contributed by atoms with Gasteiger partial charge in [0.25, 0.3) is 5.60 Å². The van der Waals surface area contributed by atoms with Crippen molar-refractivity contribution in [2.45, 2.75) is 37.1 Å². The Morgan fingerprint density at radius 2 is 1.71 bits per heavy atom. The van der Waals surface area contributed by atoms with Crippen molar-refractivity contribution in [3.8, 4) is 0 Å². The molecule has 0 fully saturated rings. The minimum Gasteiger partial charge on any atom is -0.387 e. The van der Waals surface area contributed by atoms with Crippen LogP contribution in [0.4, 0.5) is 39.5 Å². The van der Waals surface area contributed by atoms with E-state index in [2.05, 4.69) is 26.4 Å². The first-order chi connectivity index (χ1) is 16.0. The van der Waals surface area contributed by atoms with E-state index in [1.54, 1.807) is 0 Å². The minimum absolute atomic E-state index is 0.00551. The standard InChI is InChI=1S/C21H13BrF9IN2O/c22-16-5-11(1-2-12(16)10-33-4-3-19(23,24)25)17-9-18(35-34-17,21(29,30)31)13-6-14(20(26,27)28)8-15(32)7-13/h1-8,33H,9-10H2/b4-3+. The zero-order valence-electron chi connectivity index (χ0n) is 17.0. The molecule has 0 amide bonds. The smallest absolute Gasteiger partial charge is 0.387 e. The van der Waals surface area contributed by atoms with E-state index in [0.29, 0.717) is 22.3 Å². The predicted octanol–water partition coefficient (Wildman–Crippen LogP) is 7.82. The van der Waals surface area contributed by atoms with Crippen molar-refractivity contribution < 1.29 is 44.4 Å². The van der Waals surface area contributed by atoms with Crippen LogP contribution in [0.2, 0.25) is 0 Å². The van der Waals surface area contributed by atoms with Gasteiger partial charge in [0.2, 0.25) is 0 Å². The number of allylic oxidation sites excluding steroid dienone is 1. The van der Waals surface area contributed by atoms with Crippen molar-refractivity contribution in [3.63, 3.8) is 0 Å². The summed E-state index contributed by atoms with van der Waals surface area (Å²) in [7, 11) is 0. The van der Waals surface area contributed by atoms with Crippen LogP contribution in [-0.2, 0) is 23.2 Å². The number of nitrogens with one attached hydrogen (secondary N) is 1. The van der Waals surface area contributed by atoms with E-state index >= 15 is 0 Å². The summed E-state index contributed by atoms with van der Waals surface area (Å²) in [6, 6.07) is 6.32. The summed E-state index contributed by atoms with van der Waals surface area (Å²) < 4.78 is 119. The summed E-state index contributed by atoms with van der Waals surface area (Å²) >= 11 is 4.70. The average Bonchev–Trinajstić information content (AvgIpc) is 3.17. The van der Waals surface area contributed by atoms with Crippen LogP contribution in [0.15, 0.2) is 58.3 Å². The largest absolute Gasteiger partial charge is 0.435 e. The summed E-state index contributed by atoms with van der Waals surface area (Å²) in [5.41, 5.74) is -4.59. The number of oxime groups is 1. The third-order valence-electron chi connectivity index (χ3n) is 4.95. The molecule has 190 valence electrons. The van der Waals surface area contributed by atoms with Gasteiger partial charge in [0.1, 0.15) is 0 Å². The molecule has 35 heavy (non-hydrogen) atoms. The summed E-state index contributed by atoms with van der Waals surface area (Å²) in [5.74, 6) is 0. The van der Waals surface area contributed by atoms with E-state index in [1.165, 1.54) is 40.8 Å². The fourth-order valence-corrected chi connectivity index (χ4v) is 4.43. The van der Waals surface area contributed by atoms with Gasteiger partial charge in [-0.25, -0.2) is 0 Å². The van der Waals surface area contributed by atoms with Gasteiger partial charge in [-0.2, -0.15) is 39.5 Å². The highest BCUT2D eigenvalue weighted by Gasteiger charge is 2.62. The van der Waals surface area contributed by atoms with Gasteiger partial charge in [-0.1, -0.05) is 33.2 Å². The fourth-order valence-electron chi connectivity index (χ4n) is 3.24. The quantitative estimate of drug-likeness (QED) is 0.257. The third-order valence-corrected chi connectivity index (χ3v) is 6.31. The van der Waals surface area contributed by atoms with Crippen molar-refractivity contribution in [2.75, 3.05) is 0 Å². The molecule has 1 aliphatic rings. The number of alkyl halides is 9. The fraction of sp³-hybridized carbons (Fsp3) is 0.286. The Balaban J connectivity index is 1.88. The number of nitrogens with zero attached hydrogens (tertiary/aromatic N) is 1. The highest BCUT2D eigenvalue weighted by Crippen LogP contribution is 2.50. The second-order valence-corrected chi connectivity index (χ2v) is 9.52. The van der Waals surface area contributed by atoms with Gasteiger partial charge < -0.3 is 10.2 Å². The van der Waals surface area contributed by atoms with E-state index in [-0.39, 0.29) is 27.5 Å². The van der Waals surface area contributed by atoms with Gasteiger partial charge in [-0.05, 0) is 52.4 Å². The normalized spacial score (nSPS) is 19.1. The van der Waals surface area contributed by atoms with Crippen LogP contribution in [0.1, 0.15) is 28.7 Å². The molecular weight excluding hydrogens is 674 g/mol. The van der Waals surface area contributed by atoms with Crippen LogP contribution >= 0.6 is 38.5 Å². The molecule has 0 saturated heterocycles. The Hall–Kier alpha value is -1.97. The molecule has 1 atom stereocenters. The summed E-state index contributed by atoms with van der Waals surface area (Å²) in [6.45, 7) is -0.0222. The Labute approximate surface area is 214 Å². The molecular formula is C21H13BrF9IN2O. The molecule has 3 nitrogen and oxygen atoms in total. The number of hydrogen-bond acceptors (Lipinski definition) is 3. The summed E-state index contributed by atoms with van der Waals surface area (Å²) in [6.07, 6.45) is -14.6. The Bertz CT molecular complexity index is 1160. The second-order valence-electron chi connectivity index (χ2n) is 7.42. The average molecular weight is 687 g/mol. The topological polar surface area (TPSA) is 33.6 Å². The molecule has 2 aromatic carbocycles. The van der Waals surface area contributed by atoms with Crippen LogP contribution in [0.3, 0.4) is 0 Å². The lowest BCUT2D eigenvalue weighted by atomic mass is 9.85. The van der Waals surface area contributed by atoms with Gasteiger partial charge >= 0.3 is 18.5 Å². The number of hydrogen-bond donors (Lipinski definition) is 1. The van der Waals surface area contributed by atoms with Crippen molar-refractivity contribution in [1.82, 2.24) is 5.32 Å². The first kappa shape index (κ1) is 27.6. The molecule has 2 aromatic rings. The first-order valence-electron chi connectivity index (χ1n) is 9.48. The maximum absolute atomic E-state index is 14.2. The highest BCUT2D eigenvalue weighted by molar-refractivity contribution is 14.1. The zero-order chi connectivity index (χ0) is 26.2. The van der Waals surface area contributed by atoms with Crippen molar-refractivity contribution >= 4 is 44.2 Å². The maximum atomic E-state index is 14.2. The second kappa shape index (κ2) is 9.82. The molecule has 0 spiro atoms. The number of halogens is 11. The Kier molecular flexibility index (Phi) is 7.75. The van der Waals surface area contributed by atoms with Gasteiger partial charge in [0.05, 0.1) is 11.3 Å². The summed E-state index contributed by atoms with van der Waals surface area (Å²) in [4.78, 5) is 4.81. The Morgan fingerprint density at radius 1 is 1.03 bits per heavy atom. The van der Waals surface area contributed by atoms with Crippen LogP contribution in [-0.4, -0.2) is 18.1 Å². The summed E-state index contributed by atoms with van der Waals surface area (Å²) in [5, 5.41) is 5.98. The van der Waals surface area contributed by atoms with Crippen LogP contribution in [0.5, 0.6) is 0 Å². The molecule has 0 aromatic heterocycles. The molecule has 1 heterocycles. The van der Waals surface area contributed by atoms with Gasteiger partial charge in [0, 0.05) is 44.4 Å². The van der Waals surface area contributed by atoms with Crippen molar-refractivity contribution in [2.24, 2.45) is 5.16 Å². The minimum atomic E-state index is -5.10. The maximum Gasteiger partial charge on any atom is 0.435 e. The van der Waals surface area contributed by atoms with Gasteiger partial charge in [-0.15, -0.1) is 0 Å². The van der Waals surface area contributed by atoms with E-state index in [9.17, 15) is 39.5 Å². The molecule has 0 radical (unpaired) electrons. The van der Waals surface area contributed by atoms with Crippen LogP contribution in [0, 0.1) is 3.57 Å². The van der Waals surface area contributed by atoms with E-state index in [1.807, 2.05) is 0 Å². The molecule has 1 aliphatic heterocycles. The van der Waals surface area contributed by atoms with E-state index in [0.717, 1.165) is 12.1 Å². The van der Waals surface area contributed by atoms with Crippen LogP contribution < -0.4 is 5.32 Å². The third kappa shape index (κ3) is 6.43. The zero-order valence-corrected chi connectivity index (χ0v) is 20.8. The number of rotatable bonds is 5. The predicted molar refractivity (Wildman–Crippen MR) is 120 cm³/mol. The molecule has 0 bridgehead atoms.